The Morgan fingerprint density at radius 2 is 2.15 bits per heavy atom. The fourth-order valence-corrected chi connectivity index (χ4v) is 2.56. The first kappa shape index (κ1) is 16.9. The zero-order valence-electron chi connectivity index (χ0n) is 10.5. The molecule has 0 aliphatic carbocycles. The minimum Gasteiger partial charge on any atom is -0.302 e. The summed E-state index contributed by atoms with van der Waals surface area (Å²) < 4.78 is 24.2. The highest BCUT2D eigenvalue weighted by Gasteiger charge is 2.23. The Bertz CT molecular complexity index is 639. The maximum Gasteiger partial charge on any atom is 0.228 e. The third-order valence-electron chi connectivity index (χ3n) is 2.54. The molecule has 2 unspecified atom stereocenters. The van der Waals surface area contributed by atoms with Crippen LogP contribution in [0.3, 0.4) is 0 Å². The van der Waals surface area contributed by atoms with Crippen LogP contribution in [0.25, 0.3) is 0 Å². The van der Waals surface area contributed by atoms with Gasteiger partial charge in [-0.1, -0.05) is 17.7 Å². The Balaban J connectivity index is 2.96. The molecule has 1 aromatic carbocycles. The van der Waals surface area contributed by atoms with Crippen LogP contribution in [0.15, 0.2) is 18.2 Å². The van der Waals surface area contributed by atoms with Crippen molar-refractivity contribution in [2.75, 3.05) is 0 Å². The number of carbonyl (C=O) groups is 1. The standard InChI is InChI=1S/C12H12Cl2N2O3S/c1-8(13)20(18,19)16-12(7-17)5-9-2-3-11(14)4-10(9)6-15/h2-4,7-8,12,16H,5H2,1H3. The van der Waals surface area contributed by atoms with E-state index in [4.69, 9.17) is 28.5 Å². The second-order valence-corrected chi connectivity index (χ2v) is 7.45. The topological polar surface area (TPSA) is 87.0 Å². The summed E-state index contributed by atoms with van der Waals surface area (Å²) in [5.41, 5.74) is 0.821. The van der Waals surface area contributed by atoms with E-state index >= 15 is 0 Å². The zero-order valence-corrected chi connectivity index (χ0v) is 12.8. The number of nitrogens with zero attached hydrogens (tertiary/aromatic N) is 1. The summed E-state index contributed by atoms with van der Waals surface area (Å²) in [6.07, 6.45) is 0.513. The van der Waals surface area contributed by atoms with Gasteiger partial charge in [0.2, 0.25) is 10.0 Å². The first-order valence-corrected chi connectivity index (χ1v) is 7.95. The fraction of sp³-hybridized carbons (Fsp3) is 0.333. The lowest BCUT2D eigenvalue weighted by molar-refractivity contribution is -0.109. The molecule has 5 nitrogen and oxygen atoms in total. The summed E-state index contributed by atoms with van der Waals surface area (Å²) in [7, 11) is -3.78. The Morgan fingerprint density at radius 1 is 1.50 bits per heavy atom. The summed E-state index contributed by atoms with van der Waals surface area (Å²) >= 11 is 11.3. The quantitative estimate of drug-likeness (QED) is 0.635. The molecule has 0 fully saturated rings. The van der Waals surface area contributed by atoms with Crippen LogP contribution in [0.5, 0.6) is 0 Å². The molecule has 108 valence electrons. The van der Waals surface area contributed by atoms with E-state index in [-0.39, 0.29) is 6.42 Å². The minimum absolute atomic E-state index is 0.0480. The molecule has 0 amide bonds. The van der Waals surface area contributed by atoms with Crippen LogP contribution in [0, 0.1) is 11.3 Å². The third kappa shape index (κ3) is 4.46. The van der Waals surface area contributed by atoms with Crippen LogP contribution in [0.4, 0.5) is 0 Å². The number of nitrogens with one attached hydrogen (secondary N) is 1. The summed E-state index contributed by atoms with van der Waals surface area (Å²) in [6.45, 7) is 1.29. The Labute approximate surface area is 127 Å². The van der Waals surface area contributed by atoms with Gasteiger partial charge in [0.05, 0.1) is 17.7 Å². The van der Waals surface area contributed by atoms with Crippen LogP contribution in [0.1, 0.15) is 18.1 Å². The highest BCUT2D eigenvalue weighted by Crippen LogP contribution is 2.17. The number of nitriles is 1. The van der Waals surface area contributed by atoms with Gasteiger partial charge in [-0.05, 0) is 31.0 Å². The average Bonchev–Trinajstić information content (AvgIpc) is 2.39. The molecule has 1 aromatic rings. The number of aldehydes is 1. The molecule has 0 spiro atoms. The molecule has 8 heteroatoms. The number of alkyl halides is 1. The van der Waals surface area contributed by atoms with Gasteiger partial charge in [0.15, 0.2) is 0 Å². The van der Waals surface area contributed by atoms with Gasteiger partial charge in [0, 0.05) is 5.02 Å². The van der Waals surface area contributed by atoms with Crippen molar-refractivity contribution in [2.45, 2.75) is 24.1 Å². The molecular weight excluding hydrogens is 323 g/mol. The second kappa shape index (κ2) is 7.04. The number of halogens is 2. The number of benzene rings is 1. The van der Waals surface area contributed by atoms with E-state index < -0.39 is 20.8 Å². The predicted octanol–water partition coefficient (Wildman–Crippen LogP) is 1.83. The van der Waals surface area contributed by atoms with Gasteiger partial charge in [-0.2, -0.15) is 5.26 Å². The van der Waals surface area contributed by atoms with Gasteiger partial charge in [-0.3, -0.25) is 0 Å². The van der Waals surface area contributed by atoms with E-state index in [0.717, 1.165) is 0 Å². The van der Waals surface area contributed by atoms with Gasteiger partial charge in [-0.25, -0.2) is 13.1 Å². The number of carbonyl (C=O) groups excluding carboxylic acids is 1. The second-order valence-electron chi connectivity index (χ2n) is 4.07. The number of hydrogen-bond acceptors (Lipinski definition) is 4. The van der Waals surface area contributed by atoms with Crippen LogP contribution >= 0.6 is 23.2 Å². The molecule has 0 aliphatic rings. The third-order valence-corrected chi connectivity index (χ3v) is 4.96. The summed E-state index contributed by atoms with van der Waals surface area (Å²) in [5.74, 6) is 0. The van der Waals surface area contributed by atoms with Gasteiger partial charge < -0.3 is 4.79 Å². The van der Waals surface area contributed by atoms with E-state index in [9.17, 15) is 13.2 Å². The van der Waals surface area contributed by atoms with E-state index in [0.29, 0.717) is 22.4 Å². The Hall–Kier alpha value is -1.13. The van der Waals surface area contributed by atoms with Gasteiger partial charge in [0.1, 0.15) is 11.0 Å². The smallest absolute Gasteiger partial charge is 0.228 e. The van der Waals surface area contributed by atoms with E-state index in [1.165, 1.54) is 13.0 Å². The lowest BCUT2D eigenvalue weighted by Crippen LogP contribution is -2.40. The molecule has 0 aromatic heterocycles. The molecule has 0 saturated carbocycles. The van der Waals surface area contributed by atoms with Crippen molar-refractivity contribution in [3.8, 4) is 6.07 Å². The van der Waals surface area contributed by atoms with Crippen LogP contribution in [0.2, 0.25) is 5.02 Å². The highest BCUT2D eigenvalue weighted by atomic mass is 35.5. The van der Waals surface area contributed by atoms with Crippen molar-refractivity contribution in [3.63, 3.8) is 0 Å². The molecule has 0 radical (unpaired) electrons. The lowest BCUT2D eigenvalue weighted by Gasteiger charge is -2.15. The molecule has 0 aliphatic heterocycles. The summed E-state index contributed by atoms with van der Waals surface area (Å²) in [5, 5.41) is 9.38. The normalized spacial score (nSPS) is 14.3. The molecule has 1 N–H and O–H groups in total. The summed E-state index contributed by atoms with van der Waals surface area (Å²) in [6, 6.07) is 5.56. The number of sulfonamides is 1. The van der Waals surface area contributed by atoms with Crippen molar-refractivity contribution in [1.82, 2.24) is 4.72 Å². The van der Waals surface area contributed by atoms with Crippen LogP contribution < -0.4 is 4.72 Å². The largest absolute Gasteiger partial charge is 0.302 e. The molecule has 0 saturated heterocycles. The summed E-state index contributed by atoms with van der Waals surface area (Å²) in [4.78, 5) is 11.0. The predicted molar refractivity (Wildman–Crippen MR) is 77.1 cm³/mol. The molecular formula is C12H12Cl2N2O3S. The van der Waals surface area contributed by atoms with Crippen molar-refractivity contribution in [3.05, 3.63) is 34.3 Å². The average molecular weight is 335 g/mol. The van der Waals surface area contributed by atoms with Crippen molar-refractivity contribution >= 4 is 39.5 Å². The maximum atomic E-state index is 11.6. The van der Waals surface area contributed by atoms with Gasteiger partial charge >= 0.3 is 0 Å². The first-order chi connectivity index (χ1) is 9.30. The van der Waals surface area contributed by atoms with Crippen LogP contribution in [-0.4, -0.2) is 25.5 Å². The van der Waals surface area contributed by atoms with Gasteiger partial charge in [-0.15, -0.1) is 11.6 Å². The molecule has 0 heterocycles. The Kier molecular flexibility index (Phi) is 5.96. The molecule has 1 rings (SSSR count). The van der Waals surface area contributed by atoms with E-state index in [1.807, 2.05) is 6.07 Å². The number of hydrogen-bond donors (Lipinski definition) is 1. The molecule has 20 heavy (non-hydrogen) atoms. The molecule has 0 bridgehead atoms. The number of rotatable bonds is 6. The van der Waals surface area contributed by atoms with E-state index in [1.54, 1.807) is 12.1 Å². The van der Waals surface area contributed by atoms with Crippen molar-refractivity contribution in [2.24, 2.45) is 0 Å². The van der Waals surface area contributed by atoms with Crippen molar-refractivity contribution in [1.29, 1.82) is 5.26 Å². The van der Waals surface area contributed by atoms with Crippen LogP contribution in [-0.2, 0) is 21.2 Å². The zero-order chi connectivity index (χ0) is 15.3. The van der Waals surface area contributed by atoms with Crippen molar-refractivity contribution < 1.29 is 13.2 Å². The first-order valence-electron chi connectivity index (χ1n) is 5.59. The minimum atomic E-state index is -3.78. The molecule has 2 atom stereocenters. The lowest BCUT2D eigenvalue weighted by atomic mass is 10.0. The Morgan fingerprint density at radius 3 is 2.65 bits per heavy atom. The monoisotopic (exact) mass is 334 g/mol. The van der Waals surface area contributed by atoms with E-state index in [2.05, 4.69) is 4.72 Å². The van der Waals surface area contributed by atoms with Gasteiger partial charge in [0.25, 0.3) is 0 Å². The SMILES string of the molecule is CC(Cl)S(=O)(=O)NC(C=O)Cc1ccc(Cl)cc1C#N. The highest BCUT2D eigenvalue weighted by molar-refractivity contribution is 7.91. The maximum absolute atomic E-state index is 11.6. The fourth-order valence-electron chi connectivity index (χ4n) is 1.49.